The van der Waals surface area contributed by atoms with E-state index in [0.717, 1.165) is 12.3 Å². The van der Waals surface area contributed by atoms with Crippen LogP contribution in [0.2, 0.25) is 0 Å². The smallest absolute Gasteiger partial charge is 0.0322 e. The maximum Gasteiger partial charge on any atom is -0.0322 e. The molecule has 20 heavy (non-hydrogen) atoms. The molecular formula is C20H38. The summed E-state index contributed by atoms with van der Waals surface area (Å²) in [6, 6.07) is 0. The highest BCUT2D eigenvalue weighted by Crippen LogP contribution is 2.12. The lowest BCUT2D eigenvalue weighted by Crippen LogP contribution is -1.88. The number of allylic oxidation sites excluding steroid dienone is 3. The van der Waals surface area contributed by atoms with Crippen molar-refractivity contribution in [2.75, 3.05) is 0 Å². The molecule has 0 aromatic carbocycles. The highest BCUT2D eigenvalue weighted by atomic mass is 14.0. The SMILES string of the molecule is C=CCC(C)CC=CCCCCCCCCCCCC. The van der Waals surface area contributed by atoms with Gasteiger partial charge in [0.25, 0.3) is 0 Å². The van der Waals surface area contributed by atoms with Gasteiger partial charge in [-0.1, -0.05) is 89.9 Å². The Labute approximate surface area is 128 Å². The second kappa shape index (κ2) is 16.5. The summed E-state index contributed by atoms with van der Waals surface area (Å²) in [6.07, 6.45) is 24.7. The van der Waals surface area contributed by atoms with E-state index in [0.29, 0.717) is 0 Å². The molecule has 0 aliphatic heterocycles. The molecular weight excluding hydrogens is 240 g/mol. The van der Waals surface area contributed by atoms with Gasteiger partial charge in [0.05, 0.1) is 0 Å². The first-order chi connectivity index (χ1) is 9.81. The summed E-state index contributed by atoms with van der Waals surface area (Å²) in [4.78, 5) is 0. The number of hydrogen-bond acceptors (Lipinski definition) is 0. The maximum absolute atomic E-state index is 3.79. The Morgan fingerprint density at radius 3 is 1.85 bits per heavy atom. The number of unbranched alkanes of at least 4 members (excludes halogenated alkanes) is 10. The van der Waals surface area contributed by atoms with Crippen molar-refractivity contribution >= 4 is 0 Å². The van der Waals surface area contributed by atoms with Gasteiger partial charge in [-0.2, -0.15) is 0 Å². The molecule has 0 bridgehead atoms. The third-order valence-electron chi connectivity index (χ3n) is 4.00. The lowest BCUT2D eigenvalue weighted by Gasteiger charge is -2.03. The maximum atomic E-state index is 3.79. The van der Waals surface area contributed by atoms with Gasteiger partial charge in [0, 0.05) is 0 Å². The lowest BCUT2D eigenvalue weighted by molar-refractivity contribution is 0.557. The summed E-state index contributed by atoms with van der Waals surface area (Å²) in [7, 11) is 0. The zero-order chi connectivity index (χ0) is 14.9. The van der Waals surface area contributed by atoms with Crippen molar-refractivity contribution in [2.45, 2.75) is 97.3 Å². The molecule has 0 aromatic rings. The molecule has 0 saturated carbocycles. The van der Waals surface area contributed by atoms with Gasteiger partial charge in [-0.15, -0.1) is 6.58 Å². The minimum absolute atomic E-state index is 0.761. The van der Waals surface area contributed by atoms with Gasteiger partial charge in [-0.25, -0.2) is 0 Å². The van der Waals surface area contributed by atoms with Crippen molar-refractivity contribution in [2.24, 2.45) is 5.92 Å². The van der Waals surface area contributed by atoms with Crippen LogP contribution in [0.4, 0.5) is 0 Å². The Hall–Kier alpha value is -0.520. The van der Waals surface area contributed by atoms with Gasteiger partial charge >= 0.3 is 0 Å². The Bertz CT molecular complexity index is 214. The monoisotopic (exact) mass is 278 g/mol. The first-order valence-electron chi connectivity index (χ1n) is 9.07. The van der Waals surface area contributed by atoms with Gasteiger partial charge in [-0.05, 0) is 31.6 Å². The Morgan fingerprint density at radius 2 is 1.30 bits per heavy atom. The quantitative estimate of drug-likeness (QED) is 0.215. The highest BCUT2D eigenvalue weighted by Gasteiger charge is 1.95. The Morgan fingerprint density at radius 1 is 0.750 bits per heavy atom. The molecule has 118 valence electrons. The van der Waals surface area contributed by atoms with Crippen molar-refractivity contribution in [3.05, 3.63) is 24.8 Å². The van der Waals surface area contributed by atoms with E-state index in [1.807, 2.05) is 6.08 Å². The van der Waals surface area contributed by atoms with Crippen molar-refractivity contribution in [3.8, 4) is 0 Å². The van der Waals surface area contributed by atoms with E-state index in [2.05, 4.69) is 32.6 Å². The van der Waals surface area contributed by atoms with Crippen molar-refractivity contribution < 1.29 is 0 Å². The van der Waals surface area contributed by atoms with Crippen LogP contribution in [0.3, 0.4) is 0 Å². The van der Waals surface area contributed by atoms with Crippen LogP contribution in [0.1, 0.15) is 97.3 Å². The molecule has 0 fully saturated rings. The van der Waals surface area contributed by atoms with Gasteiger partial charge in [-0.3, -0.25) is 0 Å². The molecule has 1 atom stereocenters. The summed E-state index contributed by atoms with van der Waals surface area (Å²) in [5.41, 5.74) is 0. The summed E-state index contributed by atoms with van der Waals surface area (Å²) < 4.78 is 0. The van der Waals surface area contributed by atoms with Gasteiger partial charge in [0.2, 0.25) is 0 Å². The minimum Gasteiger partial charge on any atom is -0.103 e. The van der Waals surface area contributed by atoms with Crippen LogP contribution in [0.15, 0.2) is 24.8 Å². The Balaban J connectivity index is 3.12. The van der Waals surface area contributed by atoms with E-state index < -0.39 is 0 Å². The van der Waals surface area contributed by atoms with Crippen LogP contribution >= 0.6 is 0 Å². The topological polar surface area (TPSA) is 0 Å². The molecule has 1 unspecified atom stereocenters. The van der Waals surface area contributed by atoms with E-state index in [1.165, 1.54) is 77.0 Å². The van der Waals surface area contributed by atoms with E-state index in [-0.39, 0.29) is 0 Å². The van der Waals surface area contributed by atoms with Crippen LogP contribution in [0.5, 0.6) is 0 Å². The van der Waals surface area contributed by atoms with Crippen LogP contribution in [-0.4, -0.2) is 0 Å². The van der Waals surface area contributed by atoms with Gasteiger partial charge in [0.15, 0.2) is 0 Å². The van der Waals surface area contributed by atoms with E-state index in [9.17, 15) is 0 Å². The Kier molecular flexibility index (Phi) is 16.1. The van der Waals surface area contributed by atoms with E-state index in [1.54, 1.807) is 0 Å². The summed E-state index contributed by atoms with van der Waals surface area (Å²) in [6.45, 7) is 8.37. The van der Waals surface area contributed by atoms with E-state index in [4.69, 9.17) is 0 Å². The average molecular weight is 279 g/mol. The molecule has 0 aromatic heterocycles. The van der Waals surface area contributed by atoms with E-state index >= 15 is 0 Å². The molecule has 0 aliphatic carbocycles. The summed E-state index contributed by atoms with van der Waals surface area (Å²) in [5.74, 6) is 0.761. The molecule has 0 aliphatic rings. The third kappa shape index (κ3) is 15.5. The number of rotatable bonds is 15. The standard InChI is InChI=1S/C20H38/c1-4-6-7-8-9-10-11-12-13-14-15-16-17-19-20(3)18-5-2/h5,16-17,20H,2,4,6-15,18-19H2,1,3H3. The largest absolute Gasteiger partial charge is 0.103 e. The molecule has 0 saturated heterocycles. The minimum atomic E-state index is 0.761. The third-order valence-corrected chi connectivity index (χ3v) is 4.00. The lowest BCUT2D eigenvalue weighted by atomic mass is 10.0. The van der Waals surface area contributed by atoms with Crippen LogP contribution in [0, 0.1) is 5.92 Å². The van der Waals surface area contributed by atoms with Crippen molar-refractivity contribution in [3.63, 3.8) is 0 Å². The fourth-order valence-electron chi connectivity index (χ4n) is 2.58. The summed E-state index contributed by atoms with van der Waals surface area (Å²) in [5, 5.41) is 0. The summed E-state index contributed by atoms with van der Waals surface area (Å²) >= 11 is 0. The van der Waals surface area contributed by atoms with Gasteiger partial charge in [0.1, 0.15) is 0 Å². The zero-order valence-corrected chi connectivity index (χ0v) is 14.2. The first-order valence-corrected chi connectivity index (χ1v) is 9.07. The molecule has 0 radical (unpaired) electrons. The van der Waals surface area contributed by atoms with Crippen molar-refractivity contribution in [1.29, 1.82) is 0 Å². The fourth-order valence-corrected chi connectivity index (χ4v) is 2.58. The molecule has 0 N–H and O–H groups in total. The zero-order valence-electron chi connectivity index (χ0n) is 14.2. The molecule has 0 spiro atoms. The first kappa shape index (κ1) is 19.5. The molecule has 0 rings (SSSR count). The average Bonchev–Trinajstić information content (AvgIpc) is 2.44. The second-order valence-corrected chi connectivity index (χ2v) is 6.31. The molecule has 0 nitrogen and oxygen atoms in total. The fraction of sp³-hybridized carbons (Fsp3) is 0.800. The molecule has 0 heterocycles. The van der Waals surface area contributed by atoms with Crippen molar-refractivity contribution in [1.82, 2.24) is 0 Å². The predicted molar refractivity (Wildman–Crippen MR) is 94.2 cm³/mol. The normalized spacial score (nSPS) is 12.9. The molecule has 0 amide bonds. The van der Waals surface area contributed by atoms with Crippen LogP contribution in [-0.2, 0) is 0 Å². The predicted octanol–water partition coefficient (Wildman–Crippen LogP) is 7.46. The van der Waals surface area contributed by atoms with Crippen LogP contribution < -0.4 is 0 Å². The highest BCUT2D eigenvalue weighted by molar-refractivity contribution is 4.84. The second-order valence-electron chi connectivity index (χ2n) is 6.31. The van der Waals surface area contributed by atoms with Gasteiger partial charge < -0.3 is 0 Å². The van der Waals surface area contributed by atoms with Crippen LogP contribution in [0.25, 0.3) is 0 Å². The number of hydrogen-bond donors (Lipinski definition) is 0. The molecule has 0 heteroatoms.